The van der Waals surface area contributed by atoms with Crippen LogP contribution in [-0.4, -0.2) is 47.4 Å². The van der Waals surface area contributed by atoms with Gasteiger partial charge in [-0.3, -0.25) is 14.4 Å². The highest BCUT2D eigenvalue weighted by Gasteiger charge is 2.32. The quantitative estimate of drug-likeness (QED) is 0.434. The van der Waals surface area contributed by atoms with E-state index < -0.39 is 5.97 Å². The van der Waals surface area contributed by atoms with Crippen molar-refractivity contribution < 1.29 is 19.5 Å². The number of fused-ring (bicyclic) bond motifs is 2. The zero-order chi connectivity index (χ0) is 24.8. The fraction of sp³-hybridized carbons (Fsp3) is 0.321. The lowest BCUT2D eigenvalue weighted by Gasteiger charge is -2.23. The van der Waals surface area contributed by atoms with Crippen molar-refractivity contribution in [1.29, 1.82) is 0 Å². The predicted molar refractivity (Wildman–Crippen MR) is 136 cm³/mol. The van der Waals surface area contributed by atoms with Gasteiger partial charge in [-0.25, -0.2) is 0 Å². The average Bonchev–Trinajstić information content (AvgIpc) is 2.95. The Bertz CT molecular complexity index is 1240. The highest BCUT2D eigenvalue weighted by atomic mass is 16.4. The lowest BCUT2D eigenvalue weighted by atomic mass is 10.0. The second kappa shape index (κ2) is 11.1. The standard InChI is InChI=1S/C28H31N3O4/c29-14-5-1-2-6-20-10-12-25-24(17-20)28(35)30(15-13-27(33)34)19-26(32)31(25)18-21-9-11-22-7-3-4-8-23(22)16-21/h3-4,7-12,16-17H,1-2,5-6,13-15,18-19,29H2,(H,33,34). The zero-order valence-corrected chi connectivity index (χ0v) is 19.8. The van der Waals surface area contributed by atoms with E-state index in [2.05, 4.69) is 6.07 Å². The molecule has 3 aromatic carbocycles. The van der Waals surface area contributed by atoms with Gasteiger partial charge < -0.3 is 20.6 Å². The molecule has 1 aliphatic heterocycles. The molecule has 0 bridgehead atoms. The molecule has 4 rings (SSSR count). The zero-order valence-electron chi connectivity index (χ0n) is 19.8. The Morgan fingerprint density at radius 2 is 1.69 bits per heavy atom. The number of amides is 2. The van der Waals surface area contributed by atoms with Crippen molar-refractivity contribution in [3.63, 3.8) is 0 Å². The topological polar surface area (TPSA) is 104 Å². The molecule has 0 saturated heterocycles. The third-order valence-corrected chi connectivity index (χ3v) is 6.42. The van der Waals surface area contributed by atoms with Gasteiger partial charge in [-0.2, -0.15) is 0 Å². The number of unbranched alkanes of at least 4 members (excludes halogenated alkanes) is 2. The Morgan fingerprint density at radius 3 is 2.46 bits per heavy atom. The van der Waals surface area contributed by atoms with E-state index in [1.165, 1.54) is 4.90 Å². The van der Waals surface area contributed by atoms with Crippen LogP contribution in [0.4, 0.5) is 5.69 Å². The minimum absolute atomic E-state index is 0.0100. The number of carbonyl (C=O) groups excluding carboxylic acids is 2. The van der Waals surface area contributed by atoms with Crippen molar-refractivity contribution in [2.24, 2.45) is 5.73 Å². The van der Waals surface area contributed by atoms with E-state index >= 15 is 0 Å². The maximum absolute atomic E-state index is 13.4. The molecular weight excluding hydrogens is 442 g/mol. The van der Waals surface area contributed by atoms with Crippen LogP contribution >= 0.6 is 0 Å². The van der Waals surface area contributed by atoms with Crippen LogP contribution in [0.25, 0.3) is 10.8 Å². The molecule has 0 spiro atoms. The second-order valence-corrected chi connectivity index (χ2v) is 8.98. The molecule has 1 aliphatic rings. The molecule has 35 heavy (non-hydrogen) atoms. The highest BCUT2D eigenvalue weighted by molar-refractivity contribution is 6.09. The number of carboxylic acids is 1. The van der Waals surface area contributed by atoms with Gasteiger partial charge in [0.15, 0.2) is 0 Å². The van der Waals surface area contributed by atoms with E-state index in [-0.39, 0.29) is 31.3 Å². The molecular formula is C28H31N3O4. The monoisotopic (exact) mass is 473 g/mol. The number of aliphatic carboxylic acids is 1. The first-order chi connectivity index (χ1) is 17.0. The van der Waals surface area contributed by atoms with E-state index in [0.29, 0.717) is 24.3 Å². The summed E-state index contributed by atoms with van der Waals surface area (Å²) in [6, 6.07) is 19.8. The van der Waals surface area contributed by atoms with Crippen LogP contribution < -0.4 is 10.6 Å². The van der Waals surface area contributed by atoms with E-state index in [4.69, 9.17) is 10.8 Å². The van der Waals surface area contributed by atoms with Crippen molar-refractivity contribution in [2.75, 3.05) is 24.5 Å². The fourth-order valence-corrected chi connectivity index (χ4v) is 4.52. The molecule has 0 fully saturated rings. The van der Waals surface area contributed by atoms with Gasteiger partial charge in [0.2, 0.25) is 5.91 Å². The summed E-state index contributed by atoms with van der Waals surface area (Å²) in [5.74, 6) is -1.54. The molecule has 182 valence electrons. The summed E-state index contributed by atoms with van der Waals surface area (Å²) in [6.45, 7) is 0.823. The van der Waals surface area contributed by atoms with Gasteiger partial charge in [-0.05, 0) is 65.9 Å². The minimum atomic E-state index is -1.00. The first-order valence-corrected chi connectivity index (χ1v) is 12.1. The maximum Gasteiger partial charge on any atom is 0.305 e. The van der Waals surface area contributed by atoms with Gasteiger partial charge in [0.1, 0.15) is 6.54 Å². The summed E-state index contributed by atoms with van der Waals surface area (Å²) in [7, 11) is 0. The summed E-state index contributed by atoms with van der Waals surface area (Å²) in [4.78, 5) is 40.9. The molecule has 0 radical (unpaired) electrons. The number of benzene rings is 3. The van der Waals surface area contributed by atoms with Crippen molar-refractivity contribution in [2.45, 2.75) is 38.6 Å². The number of aryl methyl sites for hydroxylation is 1. The highest BCUT2D eigenvalue weighted by Crippen LogP contribution is 2.30. The molecule has 7 heteroatoms. The number of anilines is 1. The van der Waals surface area contributed by atoms with Gasteiger partial charge >= 0.3 is 5.97 Å². The summed E-state index contributed by atoms with van der Waals surface area (Å²) in [5.41, 5.74) is 8.58. The van der Waals surface area contributed by atoms with E-state index in [0.717, 1.165) is 47.6 Å². The second-order valence-electron chi connectivity index (χ2n) is 8.98. The van der Waals surface area contributed by atoms with Gasteiger partial charge in [0.05, 0.1) is 24.2 Å². The van der Waals surface area contributed by atoms with Crippen LogP contribution in [0.3, 0.4) is 0 Å². The Kier molecular flexibility index (Phi) is 7.77. The fourth-order valence-electron chi connectivity index (χ4n) is 4.52. The van der Waals surface area contributed by atoms with Crippen LogP contribution in [-0.2, 0) is 22.6 Å². The normalized spacial score (nSPS) is 13.7. The van der Waals surface area contributed by atoms with Crippen LogP contribution in [0.15, 0.2) is 60.7 Å². The summed E-state index contributed by atoms with van der Waals surface area (Å²) >= 11 is 0. The van der Waals surface area contributed by atoms with Crippen molar-refractivity contribution in [3.8, 4) is 0 Å². The summed E-state index contributed by atoms with van der Waals surface area (Å²) in [5, 5.41) is 11.3. The van der Waals surface area contributed by atoms with Crippen LogP contribution in [0, 0.1) is 0 Å². The third kappa shape index (κ3) is 5.87. The molecule has 3 aromatic rings. The number of carbonyl (C=O) groups is 3. The molecule has 0 unspecified atom stereocenters. The lowest BCUT2D eigenvalue weighted by Crippen LogP contribution is -2.40. The Morgan fingerprint density at radius 1 is 0.914 bits per heavy atom. The molecule has 3 N–H and O–H groups in total. The molecule has 0 aliphatic carbocycles. The van der Waals surface area contributed by atoms with Gasteiger partial charge in [0, 0.05) is 6.54 Å². The van der Waals surface area contributed by atoms with Crippen molar-refractivity contribution in [1.82, 2.24) is 4.90 Å². The molecule has 0 saturated carbocycles. The van der Waals surface area contributed by atoms with Gasteiger partial charge in [0.25, 0.3) is 5.91 Å². The largest absolute Gasteiger partial charge is 0.481 e. The van der Waals surface area contributed by atoms with Crippen LogP contribution in [0.5, 0.6) is 0 Å². The smallest absolute Gasteiger partial charge is 0.305 e. The Hall–Kier alpha value is -3.71. The van der Waals surface area contributed by atoms with Crippen LogP contribution in [0.1, 0.15) is 47.2 Å². The molecule has 7 nitrogen and oxygen atoms in total. The van der Waals surface area contributed by atoms with E-state index in [9.17, 15) is 14.4 Å². The number of nitrogens with two attached hydrogens (primary N) is 1. The number of carboxylic acid groups (broad SMARTS) is 1. The number of hydrogen-bond donors (Lipinski definition) is 2. The first kappa shape index (κ1) is 24.4. The lowest BCUT2D eigenvalue weighted by molar-refractivity contribution is -0.137. The number of rotatable bonds is 10. The Balaban J connectivity index is 1.67. The van der Waals surface area contributed by atoms with Crippen molar-refractivity contribution in [3.05, 3.63) is 77.4 Å². The molecule has 1 heterocycles. The third-order valence-electron chi connectivity index (χ3n) is 6.42. The van der Waals surface area contributed by atoms with Gasteiger partial charge in [-0.15, -0.1) is 0 Å². The molecule has 0 atom stereocenters. The van der Waals surface area contributed by atoms with Gasteiger partial charge in [-0.1, -0.05) is 48.9 Å². The summed E-state index contributed by atoms with van der Waals surface area (Å²) in [6.07, 6.45) is 3.54. The number of nitrogens with zero attached hydrogens (tertiary/aromatic N) is 2. The molecule has 2 amide bonds. The SMILES string of the molecule is NCCCCCc1ccc2c(c1)C(=O)N(CCC(=O)O)CC(=O)N2Cc1ccc2ccccc2c1. The van der Waals surface area contributed by atoms with E-state index in [1.54, 1.807) is 4.90 Å². The summed E-state index contributed by atoms with van der Waals surface area (Å²) < 4.78 is 0. The van der Waals surface area contributed by atoms with E-state index in [1.807, 2.05) is 54.6 Å². The number of hydrogen-bond acceptors (Lipinski definition) is 4. The Labute approximate surface area is 205 Å². The first-order valence-electron chi connectivity index (χ1n) is 12.1. The predicted octanol–water partition coefficient (Wildman–Crippen LogP) is 3.98. The van der Waals surface area contributed by atoms with Crippen molar-refractivity contribution >= 4 is 34.2 Å². The molecule has 0 aromatic heterocycles. The maximum atomic E-state index is 13.4. The minimum Gasteiger partial charge on any atom is -0.481 e. The van der Waals surface area contributed by atoms with Crippen LogP contribution in [0.2, 0.25) is 0 Å². The average molecular weight is 474 g/mol.